The molecular formula is C17H13N3O4S2. The van der Waals surface area contributed by atoms with E-state index in [0.717, 1.165) is 0 Å². The third-order valence-corrected chi connectivity index (χ3v) is 5.52. The molecule has 0 bridgehead atoms. The summed E-state index contributed by atoms with van der Waals surface area (Å²) in [7, 11) is -3.72. The Morgan fingerprint density at radius 3 is 2.54 bits per heavy atom. The molecule has 26 heavy (non-hydrogen) atoms. The van der Waals surface area contributed by atoms with Crippen molar-refractivity contribution in [2.24, 2.45) is 4.99 Å². The predicted molar refractivity (Wildman–Crippen MR) is 100 cm³/mol. The monoisotopic (exact) mass is 387 g/mol. The summed E-state index contributed by atoms with van der Waals surface area (Å²) in [6.07, 6.45) is 2.94. The summed E-state index contributed by atoms with van der Waals surface area (Å²) in [5, 5.41) is 11.1. The van der Waals surface area contributed by atoms with Gasteiger partial charge in [0.2, 0.25) is 0 Å². The minimum absolute atomic E-state index is 0.0811. The lowest BCUT2D eigenvalue weighted by atomic mass is 10.1. The first-order valence-electron chi connectivity index (χ1n) is 7.34. The van der Waals surface area contributed by atoms with Crippen LogP contribution in [-0.4, -0.2) is 30.7 Å². The summed E-state index contributed by atoms with van der Waals surface area (Å²) in [6.45, 7) is 0. The number of carbonyl (C=O) groups is 1. The van der Waals surface area contributed by atoms with Crippen molar-refractivity contribution in [3.8, 4) is 0 Å². The molecule has 1 heterocycles. The summed E-state index contributed by atoms with van der Waals surface area (Å²) < 4.78 is 26.9. The Balaban J connectivity index is 1.79. The van der Waals surface area contributed by atoms with E-state index < -0.39 is 16.0 Å². The van der Waals surface area contributed by atoms with Crippen LogP contribution in [0, 0.1) is 0 Å². The summed E-state index contributed by atoms with van der Waals surface area (Å²) >= 11 is 1.18. The quantitative estimate of drug-likeness (QED) is 0.630. The van der Waals surface area contributed by atoms with Gasteiger partial charge in [-0.15, -0.1) is 11.3 Å². The second-order valence-corrected chi connectivity index (χ2v) is 7.66. The molecule has 0 unspecified atom stereocenters. The van der Waals surface area contributed by atoms with Gasteiger partial charge < -0.3 is 5.11 Å². The number of aromatic carboxylic acids is 1. The van der Waals surface area contributed by atoms with Crippen molar-refractivity contribution >= 4 is 44.4 Å². The first kappa shape index (κ1) is 17.8. The Morgan fingerprint density at radius 2 is 1.88 bits per heavy atom. The van der Waals surface area contributed by atoms with Crippen LogP contribution in [-0.2, 0) is 10.0 Å². The second kappa shape index (κ2) is 7.46. The third kappa shape index (κ3) is 4.13. The van der Waals surface area contributed by atoms with Gasteiger partial charge in [-0.2, -0.15) is 0 Å². The standard InChI is InChI=1S/C17H13N3O4S2/c21-16(22)15-4-2-1-3-12(15)11-19-13-5-7-14(8-6-13)26(23,24)20-17-18-9-10-25-17/h1-11H,(H,18,20)(H,21,22). The number of hydrogen-bond acceptors (Lipinski definition) is 6. The van der Waals surface area contributed by atoms with Crippen LogP contribution >= 0.6 is 11.3 Å². The van der Waals surface area contributed by atoms with Crippen molar-refractivity contribution < 1.29 is 18.3 Å². The van der Waals surface area contributed by atoms with Crippen molar-refractivity contribution in [2.75, 3.05) is 4.72 Å². The van der Waals surface area contributed by atoms with Crippen LogP contribution in [0.2, 0.25) is 0 Å². The molecule has 0 atom stereocenters. The SMILES string of the molecule is O=C(O)c1ccccc1C=Nc1ccc(S(=O)(=O)Nc2nccs2)cc1. The van der Waals surface area contributed by atoms with Crippen molar-refractivity contribution in [1.29, 1.82) is 0 Å². The van der Waals surface area contributed by atoms with E-state index in [4.69, 9.17) is 5.11 Å². The molecular weight excluding hydrogens is 374 g/mol. The molecule has 0 aliphatic heterocycles. The molecule has 0 saturated carbocycles. The van der Waals surface area contributed by atoms with Gasteiger partial charge >= 0.3 is 5.97 Å². The van der Waals surface area contributed by atoms with Gasteiger partial charge in [-0.1, -0.05) is 18.2 Å². The van der Waals surface area contributed by atoms with E-state index in [0.29, 0.717) is 11.3 Å². The van der Waals surface area contributed by atoms with Crippen LogP contribution in [0.15, 0.2) is 70.0 Å². The highest BCUT2D eigenvalue weighted by Gasteiger charge is 2.15. The first-order valence-corrected chi connectivity index (χ1v) is 9.71. The summed E-state index contributed by atoms with van der Waals surface area (Å²) in [5.41, 5.74) is 1.10. The molecule has 0 aliphatic rings. The number of aromatic nitrogens is 1. The lowest BCUT2D eigenvalue weighted by Crippen LogP contribution is -2.12. The minimum Gasteiger partial charge on any atom is -0.478 e. The van der Waals surface area contributed by atoms with E-state index in [1.54, 1.807) is 23.6 Å². The Kier molecular flexibility index (Phi) is 5.10. The van der Waals surface area contributed by atoms with E-state index >= 15 is 0 Å². The van der Waals surface area contributed by atoms with Gasteiger partial charge in [-0.3, -0.25) is 9.71 Å². The van der Waals surface area contributed by atoms with E-state index in [-0.39, 0.29) is 15.6 Å². The highest BCUT2D eigenvalue weighted by molar-refractivity contribution is 7.93. The number of rotatable bonds is 6. The summed E-state index contributed by atoms with van der Waals surface area (Å²) in [5.74, 6) is -1.04. The normalized spacial score (nSPS) is 11.5. The largest absolute Gasteiger partial charge is 0.478 e. The van der Waals surface area contributed by atoms with Crippen LogP contribution in [0.25, 0.3) is 0 Å². The highest BCUT2D eigenvalue weighted by Crippen LogP contribution is 2.21. The van der Waals surface area contributed by atoms with Crippen molar-refractivity contribution in [2.45, 2.75) is 4.90 Å². The van der Waals surface area contributed by atoms with Gasteiger partial charge in [0.1, 0.15) is 0 Å². The number of nitrogens with zero attached hydrogens (tertiary/aromatic N) is 2. The lowest BCUT2D eigenvalue weighted by molar-refractivity contribution is 0.0696. The van der Waals surface area contributed by atoms with E-state index in [1.807, 2.05) is 0 Å². The summed E-state index contributed by atoms with van der Waals surface area (Å²) in [4.78, 5) is 19.4. The fourth-order valence-corrected chi connectivity index (χ4v) is 3.90. The summed E-state index contributed by atoms with van der Waals surface area (Å²) in [6, 6.07) is 12.4. The number of benzene rings is 2. The van der Waals surface area contributed by atoms with E-state index in [2.05, 4.69) is 14.7 Å². The lowest BCUT2D eigenvalue weighted by Gasteiger charge is -2.05. The van der Waals surface area contributed by atoms with Gasteiger partial charge in [0.05, 0.1) is 16.1 Å². The molecule has 0 radical (unpaired) electrons. The van der Waals surface area contributed by atoms with Gasteiger partial charge in [-0.25, -0.2) is 18.2 Å². The van der Waals surface area contributed by atoms with Crippen LogP contribution in [0.4, 0.5) is 10.8 Å². The topological polar surface area (TPSA) is 109 Å². The molecule has 0 amide bonds. The number of hydrogen-bond donors (Lipinski definition) is 2. The molecule has 0 spiro atoms. The molecule has 9 heteroatoms. The third-order valence-electron chi connectivity index (χ3n) is 3.34. The predicted octanol–water partition coefficient (Wildman–Crippen LogP) is 3.39. The molecule has 0 aliphatic carbocycles. The zero-order chi connectivity index (χ0) is 18.6. The number of aliphatic imine (C=N–C) groups is 1. The van der Waals surface area contributed by atoms with Crippen LogP contribution < -0.4 is 4.72 Å². The zero-order valence-electron chi connectivity index (χ0n) is 13.2. The van der Waals surface area contributed by atoms with Gasteiger partial charge in [-0.05, 0) is 30.3 Å². The van der Waals surface area contributed by atoms with Crippen LogP contribution in [0.5, 0.6) is 0 Å². The van der Waals surface area contributed by atoms with E-state index in [9.17, 15) is 13.2 Å². The van der Waals surface area contributed by atoms with Crippen molar-refractivity contribution in [1.82, 2.24) is 4.98 Å². The average Bonchev–Trinajstić information content (AvgIpc) is 3.12. The number of carboxylic acids is 1. The van der Waals surface area contributed by atoms with Crippen LogP contribution in [0.1, 0.15) is 15.9 Å². The fraction of sp³-hybridized carbons (Fsp3) is 0. The Labute approximate surface area is 153 Å². The molecule has 0 fully saturated rings. The highest BCUT2D eigenvalue weighted by atomic mass is 32.2. The fourth-order valence-electron chi connectivity index (χ4n) is 2.11. The minimum atomic E-state index is -3.72. The molecule has 2 aromatic carbocycles. The van der Waals surface area contributed by atoms with Gasteiger partial charge in [0.15, 0.2) is 5.13 Å². The molecule has 2 N–H and O–H groups in total. The molecule has 132 valence electrons. The Bertz CT molecular complexity index is 1040. The number of sulfonamides is 1. The molecule has 0 saturated heterocycles. The number of carboxylic acid groups (broad SMARTS) is 1. The maximum atomic E-state index is 12.3. The molecule has 1 aromatic heterocycles. The van der Waals surface area contributed by atoms with E-state index in [1.165, 1.54) is 54.1 Å². The maximum Gasteiger partial charge on any atom is 0.336 e. The Morgan fingerprint density at radius 1 is 1.15 bits per heavy atom. The smallest absolute Gasteiger partial charge is 0.336 e. The molecule has 3 rings (SSSR count). The van der Waals surface area contributed by atoms with Gasteiger partial charge in [0, 0.05) is 23.4 Å². The first-order chi connectivity index (χ1) is 12.5. The van der Waals surface area contributed by atoms with Gasteiger partial charge in [0.25, 0.3) is 10.0 Å². The van der Waals surface area contributed by atoms with Crippen molar-refractivity contribution in [3.63, 3.8) is 0 Å². The molecule has 3 aromatic rings. The van der Waals surface area contributed by atoms with Crippen LogP contribution in [0.3, 0.4) is 0 Å². The van der Waals surface area contributed by atoms with Crippen molar-refractivity contribution in [3.05, 3.63) is 71.2 Å². The number of thiazole rings is 1. The second-order valence-electron chi connectivity index (χ2n) is 5.09. The number of nitrogens with one attached hydrogen (secondary N) is 1. The number of anilines is 1. The maximum absolute atomic E-state index is 12.3. The Hall–Kier alpha value is -3.04. The molecule has 7 nitrogen and oxygen atoms in total. The average molecular weight is 387 g/mol. The zero-order valence-corrected chi connectivity index (χ0v) is 14.9.